The second-order valence-corrected chi connectivity index (χ2v) is 7.01. The molecular formula is C24H16FN2O5-. The minimum Gasteiger partial charge on any atom is -0.546 e. The maximum atomic E-state index is 14.6. The molecule has 3 aromatic carbocycles. The number of ether oxygens (including phenoxy) is 2. The Hall–Kier alpha value is -4.38. The predicted molar refractivity (Wildman–Crippen MR) is 109 cm³/mol. The molecule has 0 bridgehead atoms. The number of carboxylic acids is 1. The van der Waals surface area contributed by atoms with Gasteiger partial charge in [0.05, 0.1) is 5.97 Å². The molecule has 0 saturated carbocycles. The zero-order chi connectivity index (χ0) is 22.7. The number of carbonyl (C=O) groups is 1. The van der Waals surface area contributed by atoms with E-state index in [0.717, 1.165) is 11.6 Å². The van der Waals surface area contributed by atoms with Gasteiger partial charge in [-0.3, -0.25) is 0 Å². The van der Waals surface area contributed by atoms with E-state index in [0.29, 0.717) is 22.2 Å². The highest BCUT2D eigenvalue weighted by Gasteiger charge is 2.21. The van der Waals surface area contributed by atoms with Gasteiger partial charge in [0.1, 0.15) is 41.1 Å². The molecule has 1 heterocycles. The van der Waals surface area contributed by atoms with Crippen molar-refractivity contribution in [1.29, 1.82) is 5.26 Å². The smallest absolute Gasteiger partial charge is 0.181 e. The lowest BCUT2D eigenvalue weighted by atomic mass is 10.0. The summed E-state index contributed by atoms with van der Waals surface area (Å²) < 4.78 is 31.0. The number of carbonyl (C=O) groups excluding carboxylic acids is 1. The summed E-state index contributed by atoms with van der Waals surface area (Å²) in [7, 11) is 0. The van der Waals surface area contributed by atoms with Crippen molar-refractivity contribution >= 4 is 17.1 Å². The van der Waals surface area contributed by atoms with Gasteiger partial charge in [-0.1, -0.05) is 30.3 Å². The molecule has 32 heavy (non-hydrogen) atoms. The number of halogens is 1. The maximum absolute atomic E-state index is 14.6. The molecule has 0 spiro atoms. The summed E-state index contributed by atoms with van der Waals surface area (Å²) in [5.41, 5.74) is 2.57. The average Bonchev–Trinajstić information content (AvgIpc) is 3.24. The monoisotopic (exact) mass is 431 g/mol. The number of fused-ring (bicyclic) bond motifs is 1. The molecule has 0 saturated heterocycles. The first kappa shape index (κ1) is 20.9. The minimum absolute atomic E-state index is 0.0658. The van der Waals surface area contributed by atoms with Crippen molar-refractivity contribution in [2.24, 2.45) is 0 Å². The van der Waals surface area contributed by atoms with Gasteiger partial charge >= 0.3 is 0 Å². The maximum Gasteiger partial charge on any atom is 0.181 e. The lowest BCUT2D eigenvalue weighted by Crippen LogP contribution is -2.33. The molecule has 1 unspecified atom stereocenters. The Bertz CT molecular complexity index is 1340. The molecule has 0 fully saturated rings. The van der Waals surface area contributed by atoms with Crippen LogP contribution in [-0.2, 0) is 11.4 Å². The van der Waals surface area contributed by atoms with Crippen LogP contribution in [0.3, 0.4) is 0 Å². The number of nitrogens with zero attached hydrogens (tertiary/aromatic N) is 2. The van der Waals surface area contributed by atoms with Gasteiger partial charge in [-0.2, -0.15) is 5.26 Å². The van der Waals surface area contributed by atoms with Gasteiger partial charge in [-0.25, -0.2) is 9.37 Å². The second-order valence-electron chi connectivity index (χ2n) is 7.01. The van der Waals surface area contributed by atoms with Gasteiger partial charge in [0.2, 0.25) is 0 Å². The van der Waals surface area contributed by atoms with Crippen LogP contribution in [0.25, 0.3) is 11.1 Å². The van der Waals surface area contributed by atoms with Crippen molar-refractivity contribution in [2.75, 3.05) is 0 Å². The zero-order valence-electron chi connectivity index (χ0n) is 16.9. The summed E-state index contributed by atoms with van der Waals surface area (Å²) in [6, 6.07) is 16.0. The molecule has 1 aromatic heterocycles. The fraction of sp³-hybridized carbons (Fsp3) is 0.125. The number of hydrogen-bond acceptors (Lipinski definition) is 7. The number of carboxylic acid groups (broad SMARTS) is 1. The largest absolute Gasteiger partial charge is 0.546 e. The van der Waals surface area contributed by atoms with Crippen LogP contribution in [0.2, 0.25) is 0 Å². The Kier molecular flexibility index (Phi) is 5.73. The molecule has 7 nitrogen and oxygen atoms in total. The Morgan fingerprint density at radius 1 is 1.25 bits per heavy atom. The van der Waals surface area contributed by atoms with E-state index in [-0.39, 0.29) is 18.1 Å². The topological polar surface area (TPSA) is 108 Å². The van der Waals surface area contributed by atoms with E-state index >= 15 is 0 Å². The summed E-state index contributed by atoms with van der Waals surface area (Å²) in [4.78, 5) is 15.8. The first-order chi connectivity index (χ1) is 15.5. The Morgan fingerprint density at radius 2 is 2.06 bits per heavy atom. The molecule has 0 aliphatic heterocycles. The van der Waals surface area contributed by atoms with Gasteiger partial charge in [-0.15, -0.1) is 0 Å². The SMILES string of the molecule is Cc1ccccc1C(Oc1cc(OCc2ccc3ncoc3c2)cc(F)c1C#N)C(=O)[O-]. The Morgan fingerprint density at radius 3 is 2.81 bits per heavy atom. The number of rotatable bonds is 7. The van der Waals surface area contributed by atoms with E-state index < -0.39 is 23.5 Å². The lowest BCUT2D eigenvalue weighted by molar-refractivity contribution is -0.314. The van der Waals surface area contributed by atoms with Crippen LogP contribution in [0.4, 0.5) is 4.39 Å². The fourth-order valence-corrected chi connectivity index (χ4v) is 3.25. The Labute approximate surface area is 182 Å². The van der Waals surface area contributed by atoms with Crippen LogP contribution in [0.15, 0.2) is 65.4 Å². The number of aryl methyl sites for hydroxylation is 1. The molecule has 0 amide bonds. The number of hydrogen-bond donors (Lipinski definition) is 0. The average molecular weight is 431 g/mol. The summed E-state index contributed by atoms with van der Waals surface area (Å²) in [6.45, 7) is 1.79. The van der Waals surface area contributed by atoms with E-state index in [9.17, 15) is 19.6 Å². The van der Waals surface area contributed by atoms with Gasteiger partial charge in [0, 0.05) is 17.7 Å². The van der Waals surface area contributed by atoms with Gasteiger partial charge in [0.15, 0.2) is 18.1 Å². The molecule has 0 radical (unpaired) electrons. The third-order valence-corrected chi connectivity index (χ3v) is 4.87. The van der Waals surface area contributed by atoms with Crippen molar-refractivity contribution in [3.63, 3.8) is 0 Å². The molecule has 4 rings (SSSR count). The number of aliphatic carboxylic acids is 1. The third kappa shape index (κ3) is 4.23. The number of oxazole rings is 1. The standard InChI is InChI=1S/C24H17FN2O5/c1-14-4-2-3-5-17(14)23(24(28)29)32-21-10-16(9-19(25)18(21)11-26)30-12-15-6-7-20-22(8-15)31-13-27-20/h2-10,13,23H,12H2,1H3,(H,28,29)/p-1. The van der Waals surface area contributed by atoms with Crippen LogP contribution >= 0.6 is 0 Å². The minimum atomic E-state index is -1.54. The summed E-state index contributed by atoms with van der Waals surface area (Å²) in [5.74, 6) is -2.61. The summed E-state index contributed by atoms with van der Waals surface area (Å²) in [6.07, 6.45) is -0.205. The predicted octanol–water partition coefficient (Wildman–Crippen LogP) is 3.60. The molecule has 160 valence electrons. The van der Waals surface area contributed by atoms with Crippen LogP contribution < -0.4 is 14.6 Å². The van der Waals surface area contributed by atoms with Crippen LogP contribution in [0.1, 0.15) is 28.4 Å². The molecule has 8 heteroatoms. The van der Waals surface area contributed by atoms with E-state index in [1.807, 2.05) is 0 Å². The Balaban J connectivity index is 1.62. The first-order valence-corrected chi connectivity index (χ1v) is 9.58. The van der Waals surface area contributed by atoms with E-state index in [1.54, 1.807) is 55.5 Å². The van der Waals surface area contributed by atoms with Crippen molar-refractivity contribution in [3.05, 3.63) is 89.1 Å². The van der Waals surface area contributed by atoms with Crippen molar-refractivity contribution < 1.29 is 28.2 Å². The highest BCUT2D eigenvalue weighted by Crippen LogP contribution is 2.32. The highest BCUT2D eigenvalue weighted by atomic mass is 19.1. The van der Waals surface area contributed by atoms with Gasteiger partial charge in [0.25, 0.3) is 0 Å². The number of nitriles is 1. The first-order valence-electron chi connectivity index (χ1n) is 9.58. The summed E-state index contributed by atoms with van der Waals surface area (Å²) in [5, 5.41) is 21.1. The quantitative estimate of drug-likeness (QED) is 0.440. The van der Waals surface area contributed by atoms with Crippen molar-refractivity contribution in [3.8, 4) is 17.6 Å². The van der Waals surface area contributed by atoms with Crippen molar-refractivity contribution in [1.82, 2.24) is 4.98 Å². The van der Waals surface area contributed by atoms with Crippen LogP contribution in [0.5, 0.6) is 11.5 Å². The van der Waals surface area contributed by atoms with Gasteiger partial charge in [-0.05, 0) is 30.2 Å². The fourth-order valence-electron chi connectivity index (χ4n) is 3.25. The molecule has 0 N–H and O–H groups in total. The summed E-state index contributed by atoms with van der Waals surface area (Å²) >= 11 is 0. The lowest BCUT2D eigenvalue weighted by Gasteiger charge is -2.23. The molecule has 1 atom stereocenters. The van der Waals surface area contributed by atoms with E-state index in [4.69, 9.17) is 13.9 Å². The zero-order valence-corrected chi connectivity index (χ0v) is 16.9. The highest BCUT2D eigenvalue weighted by molar-refractivity contribution is 5.74. The molecular weight excluding hydrogens is 415 g/mol. The normalized spacial score (nSPS) is 11.7. The van der Waals surface area contributed by atoms with Crippen molar-refractivity contribution in [2.45, 2.75) is 19.6 Å². The second kappa shape index (κ2) is 8.78. The van der Waals surface area contributed by atoms with Gasteiger partial charge < -0.3 is 23.8 Å². The molecule has 4 aromatic rings. The van der Waals surface area contributed by atoms with E-state index in [2.05, 4.69) is 4.98 Å². The van der Waals surface area contributed by atoms with Crippen LogP contribution in [-0.4, -0.2) is 11.0 Å². The number of benzene rings is 3. The van der Waals surface area contributed by atoms with E-state index in [1.165, 1.54) is 12.5 Å². The third-order valence-electron chi connectivity index (χ3n) is 4.87. The number of aromatic nitrogens is 1. The molecule has 0 aliphatic carbocycles. The van der Waals surface area contributed by atoms with Crippen LogP contribution in [0, 0.1) is 24.1 Å². The molecule has 0 aliphatic rings.